The first-order valence-corrected chi connectivity index (χ1v) is 20.1. The SMILES string of the molecule is Cc1cc2c3c(c1)N1c4c(cc(C)cc4C4(C)CCC5CCCCC5C14C)B3c1cc(C)cc3c1N2C1(C)C2CCCCC2CCC31C. The van der Waals surface area contributed by atoms with Gasteiger partial charge in [-0.2, -0.15) is 0 Å². The van der Waals surface area contributed by atoms with Gasteiger partial charge < -0.3 is 9.80 Å². The lowest BCUT2D eigenvalue weighted by Crippen LogP contribution is -2.69. The van der Waals surface area contributed by atoms with Crippen LogP contribution in [0, 0.1) is 44.4 Å². The number of nitrogens with zero attached hydrogens (tertiary/aromatic N) is 2. The maximum absolute atomic E-state index is 3.03. The summed E-state index contributed by atoms with van der Waals surface area (Å²) in [6.45, 7) is 18.4. The second kappa shape index (κ2) is 8.97. The molecule has 0 aromatic heterocycles. The standard InChI is InChI=1S/C45H55BN2/c1-26-20-33-40-35(22-26)46-36-23-27(2)21-34-41(36)48(45(7)32-15-11-9-13-30(32)17-19-43(34,45)5)38-25-28(3)24-37(39(38)46)47(40)44(6)31-14-10-8-12-29(31)16-18-42(33,44)4/h20-25,29-32H,8-19H2,1-7H3. The van der Waals surface area contributed by atoms with Crippen LogP contribution in [0.15, 0.2) is 36.4 Å². The zero-order valence-corrected chi connectivity index (χ0v) is 30.7. The van der Waals surface area contributed by atoms with E-state index in [2.05, 4.69) is 94.7 Å². The molecule has 0 saturated heterocycles. The zero-order valence-electron chi connectivity index (χ0n) is 30.7. The molecule has 0 N–H and O–H groups in total. The molecule has 4 saturated carbocycles. The molecular formula is C45H55BN2. The fraction of sp³-hybridized carbons (Fsp3) is 0.600. The van der Waals surface area contributed by atoms with Crippen LogP contribution >= 0.6 is 0 Å². The number of benzene rings is 3. The number of fused-ring (bicyclic) bond motifs is 14. The van der Waals surface area contributed by atoms with Gasteiger partial charge in [0.05, 0.1) is 11.1 Å². The lowest BCUT2D eigenvalue weighted by Gasteiger charge is -2.61. The molecule has 11 rings (SSSR count). The summed E-state index contributed by atoms with van der Waals surface area (Å²) in [4.78, 5) is 6.07. The molecule has 4 fully saturated rings. The Balaban J connectivity index is 1.25. The second-order valence-electron chi connectivity index (χ2n) is 19.2. The molecule has 0 bridgehead atoms. The van der Waals surface area contributed by atoms with E-state index in [0.29, 0.717) is 6.71 Å². The first-order chi connectivity index (χ1) is 23.0. The van der Waals surface area contributed by atoms with Gasteiger partial charge in [0, 0.05) is 33.6 Å². The van der Waals surface area contributed by atoms with Crippen molar-refractivity contribution in [1.82, 2.24) is 0 Å². The molecule has 0 spiro atoms. The Labute approximate surface area is 290 Å². The predicted octanol–water partition coefficient (Wildman–Crippen LogP) is 9.29. The van der Waals surface area contributed by atoms with Crippen LogP contribution in [0.2, 0.25) is 0 Å². The highest BCUT2D eigenvalue weighted by Crippen LogP contribution is 2.69. The molecule has 3 aromatic rings. The van der Waals surface area contributed by atoms with E-state index >= 15 is 0 Å². The van der Waals surface area contributed by atoms with Gasteiger partial charge in [0.25, 0.3) is 6.71 Å². The van der Waals surface area contributed by atoms with Gasteiger partial charge in [-0.15, -0.1) is 0 Å². The van der Waals surface area contributed by atoms with Crippen LogP contribution in [0.4, 0.5) is 22.7 Å². The van der Waals surface area contributed by atoms with Crippen molar-refractivity contribution >= 4 is 45.9 Å². The van der Waals surface area contributed by atoms with E-state index in [0.717, 1.165) is 23.7 Å². The molecule has 2 nitrogen and oxygen atoms in total. The van der Waals surface area contributed by atoms with Crippen LogP contribution in [0.5, 0.6) is 0 Å². The summed E-state index contributed by atoms with van der Waals surface area (Å²) in [6, 6.07) is 15.8. The van der Waals surface area contributed by atoms with Gasteiger partial charge in [0.15, 0.2) is 0 Å². The second-order valence-corrected chi connectivity index (χ2v) is 19.2. The lowest BCUT2D eigenvalue weighted by molar-refractivity contribution is 0.0334. The normalized spacial score (nSPS) is 39.2. The highest BCUT2D eigenvalue weighted by atomic mass is 15.3. The molecule has 48 heavy (non-hydrogen) atoms. The van der Waals surface area contributed by atoms with Gasteiger partial charge in [0.2, 0.25) is 0 Å². The Hall–Kier alpha value is -2.68. The van der Waals surface area contributed by atoms with E-state index in [1.165, 1.54) is 93.7 Å². The van der Waals surface area contributed by atoms with Crippen LogP contribution in [-0.2, 0) is 10.8 Å². The number of hydrogen-bond acceptors (Lipinski definition) is 2. The summed E-state index contributed by atoms with van der Waals surface area (Å²) in [5.41, 5.74) is 19.4. The summed E-state index contributed by atoms with van der Waals surface area (Å²) in [5, 5.41) is 0. The average Bonchev–Trinajstić information content (AvgIpc) is 3.41. The maximum atomic E-state index is 3.03. The van der Waals surface area contributed by atoms with Crippen LogP contribution in [-0.4, -0.2) is 17.8 Å². The molecule has 4 aliphatic carbocycles. The van der Waals surface area contributed by atoms with Gasteiger partial charge >= 0.3 is 0 Å². The quantitative estimate of drug-likeness (QED) is 0.228. The van der Waals surface area contributed by atoms with Gasteiger partial charge in [-0.1, -0.05) is 87.8 Å². The van der Waals surface area contributed by atoms with Crippen molar-refractivity contribution in [2.24, 2.45) is 23.7 Å². The van der Waals surface area contributed by atoms with Gasteiger partial charge in [-0.25, -0.2) is 0 Å². The van der Waals surface area contributed by atoms with E-state index in [9.17, 15) is 0 Å². The van der Waals surface area contributed by atoms with Crippen molar-refractivity contribution in [3.63, 3.8) is 0 Å². The van der Waals surface area contributed by atoms with Gasteiger partial charge in [-0.3, -0.25) is 0 Å². The summed E-state index contributed by atoms with van der Waals surface area (Å²) in [7, 11) is 0. The molecule has 3 aromatic carbocycles. The fourth-order valence-electron chi connectivity index (χ4n) is 15.0. The van der Waals surface area contributed by atoms with Gasteiger partial charge in [0.1, 0.15) is 0 Å². The molecule has 8 unspecified atom stereocenters. The van der Waals surface area contributed by atoms with E-state index in [1.807, 2.05) is 0 Å². The van der Waals surface area contributed by atoms with E-state index in [4.69, 9.17) is 0 Å². The minimum absolute atomic E-state index is 0.0918. The van der Waals surface area contributed by atoms with Gasteiger partial charge in [-0.05, 0) is 142 Å². The topological polar surface area (TPSA) is 6.48 Å². The Morgan fingerprint density at radius 1 is 0.542 bits per heavy atom. The molecule has 3 heteroatoms. The molecule has 0 amide bonds. The first kappa shape index (κ1) is 29.1. The number of aryl methyl sites for hydroxylation is 3. The van der Waals surface area contributed by atoms with Crippen molar-refractivity contribution in [3.8, 4) is 0 Å². The summed E-state index contributed by atoms with van der Waals surface area (Å²) < 4.78 is 0. The Bertz CT molecular complexity index is 1830. The zero-order chi connectivity index (χ0) is 32.7. The summed E-state index contributed by atoms with van der Waals surface area (Å²) in [5.74, 6) is 3.22. The molecule has 8 atom stereocenters. The van der Waals surface area contributed by atoms with Crippen LogP contribution in [0.25, 0.3) is 0 Å². The Morgan fingerprint density at radius 2 is 0.958 bits per heavy atom. The minimum atomic E-state index is 0.0918. The van der Waals surface area contributed by atoms with Crippen molar-refractivity contribution in [1.29, 1.82) is 0 Å². The molecule has 248 valence electrons. The molecule has 8 aliphatic rings. The third-order valence-corrected chi connectivity index (χ3v) is 17.3. The largest absolute Gasteiger partial charge is 0.335 e. The van der Waals surface area contributed by atoms with Crippen molar-refractivity contribution in [3.05, 3.63) is 64.2 Å². The maximum Gasteiger partial charge on any atom is 0.252 e. The van der Waals surface area contributed by atoms with Crippen LogP contribution in [0.1, 0.15) is 133 Å². The number of hydrogen-bond donors (Lipinski definition) is 0. The van der Waals surface area contributed by atoms with E-state index in [1.54, 1.807) is 50.3 Å². The summed E-state index contributed by atoms with van der Waals surface area (Å²) in [6.07, 6.45) is 16.8. The third kappa shape index (κ3) is 2.98. The molecular weight excluding hydrogens is 579 g/mol. The highest BCUT2D eigenvalue weighted by molar-refractivity contribution is 7.00. The predicted molar refractivity (Wildman–Crippen MR) is 203 cm³/mol. The number of anilines is 4. The number of rotatable bonds is 0. The summed E-state index contributed by atoms with van der Waals surface area (Å²) >= 11 is 0. The van der Waals surface area contributed by atoms with Crippen LogP contribution < -0.4 is 26.2 Å². The third-order valence-electron chi connectivity index (χ3n) is 17.3. The van der Waals surface area contributed by atoms with Crippen molar-refractivity contribution in [2.75, 3.05) is 9.80 Å². The smallest absolute Gasteiger partial charge is 0.252 e. The Kier molecular flexibility index (Phi) is 5.43. The molecule has 0 radical (unpaired) electrons. The lowest BCUT2D eigenvalue weighted by atomic mass is 9.33. The van der Waals surface area contributed by atoms with E-state index in [-0.39, 0.29) is 21.9 Å². The Morgan fingerprint density at radius 3 is 1.42 bits per heavy atom. The first-order valence-electron chi connectivity index (χ1n) is 20.1. The average molecular weight is 635 g/mol. The highest BCUT2D eigenvalue weighted by Gasteiger charge is 2.69. The van der Waals surface area contributed by atoms with Crippen LogP contribution in [0.3, 0.4) is 0 Å². The monoisotopic (exact) mass is 634 g/mol. The fourth-order valence-corrected chi connectivity index (χ4v) is 15.0. The van der Waals surface area contributed by atoms with Crippen molar-refractivity contribution < 1.29 is 0 Å². The molecule has 4 heterocycles. The van der Waals surface area contributed by atoms with Crippen molar-refractivity contribution in [2.45, 2.75) is 147 Å². The minimum Gasteiger partial charge on any atom is -0.335 e. The van der Waals surface area contributed by atoms with E-state index < -0.39 is 0 Å². The molecule has 4 aliphatic heterocycles.